The van der Waals surface area contributed by atoms with Crippen LogP contribution in [0.4, 0.5) is 11.5 Å². The molecule has 3 rings (SSSR count). The second-order valence-corrected chi connectivity index (χ2v) is 6.17. The third-order valence-corrected chi connectivity index (χ3v) is 4.08. The van der Waals surface area contributed by atoms with Crippen LogP contribution >= 0.6 is 11.6 Å². The lowest BCUT2D eigenvalue weighted by molar-refractivity contribution is 0.221. The molecule has 0 radical (unpaired) electrons. The van der Waals surface area contributed by atoms with Crippen molar-refractivity contribution in [3.63, 3.8) is 0 Å². The number of nitrogens with zero attached hydrogens (tertiary/aromatic N) is 3. The van der Waals surface area contributed by atoms with E-state index in [2.05, 4.69) is 44.5 Å². The number of hydrogen-bond donors (Lipinski definition) is 1. The third kappa shape index (κ3) is 4.18. The molecule has 1 fully saturated rings. The van der Waals surface area contributed by atoms with Crippen LogP contribution in [0.1, 0.15) is 30.7 Å². The van der Waals surface area contributed by atoms with Crippen molar-refractivity contribution in [1.29, 1.82) is 0 Å². The van der Waals surface area contributed by atoms with Crippen molar-refractivity contribution in [3.05, 3.63) is 46.9 Å². The second-order valence-electron chi connectivity index (χ2n) is 5.78. The predicted octanol–water partition coefficient (Wildman–Crippen LogP) is 4.17. The highest BCUT2D eigenvalue weighted by molar-refractivity contribution is 6.29. The van der Waals surface area contributed by atoms with Gasteiger partial charge in [-0.25, -0.2) is 9.97 Å². The molecule has 5 heteroatoms. The lowest BCUT2D eigenvalue weighted by atomic mass is 10.1. The highest BCUT2D eigenvalue weighted by Crippen LogP contribution is 2.19. The first-order chi connectivity index (χ1) is 10.7. The van der Waals surface area contributed by atoms with Crippen LogP contribution in [0.3, 0.4) is 0 Å². The molecule has 2 aromatic rings. The number of hydrogen-bond acceptors (Lipinski definition) is 4. The summed E-state index contributed by atoms with van der Waals surface area (Å²) in [5.74, 6) is 1.39. The van der Waals surface area contributed by atoms with Gasteiger partial charge in [0.1, 0.15) is 16.8 Å². The van der Waals surface area contributed by atoms with E-state index in [0.29, 0.717) is 11.0 Å². The van der Waals surface area contributed by atoms with Gasteiger partial charge in [-0.05, 0) is 50.6 Å². The summed E-state index contributed by atoms with van der Waals surface area (Å²) >= 11 is 5.95. The summed E-state index contributed by atoms with van der Waals surface area (Å²) in [6.45, 7) is 5.31. The maximum Gasteiger partial charge on any atom is 0.135 e. The van der Waals surface area contributed by atoms with Crippen LogP contribution < -0.4 is 5.32 Å². The van der Waals surface area contributed by atoms with Gasteiger partial charge in [0.25, 0.3) is 0 Å². The standard InChI is InChI=1S/C17H21ClN4/c1-13-19-16(18)11-17(20-13)21-15-7-5-14(6-8-15)12-22-9-3-2-4-10-22/h5-8,11H,2-4,9-10,12H2,1H3,(H,19,20,21). The molecular weight excluding hydrogens is 296 g/mol. The molecule has 1 saturated heterocycles. The summed E-state index contributed by atoms with van der Waals surface area (Å²) in [5, 5.41) is 3.72. The van der Waals surface area contributed by atoms with Crippen molar-refractivity contribution < 1.29 is 0 Å². The van der Waals surface area contributed by atoms with Gasteiger partial charge >= 0.3 is 0 Å². The van der Waals surface area contributed by atoms with Crippen LogP contribution in [-0.4, -0.2) is 28.0 Å². The lowest BCUT2D eigenvalue weighted by Gasteiger charge is -2.26. The van der Waals surface area contributed by atoms with E-state index in [4.69, 9.17) is 11.6 Å². The van der Waals surface area contributed by atoms with Crippen LogP contribution in [0.5, 0.6) is 0 Å². The van der Waals surface area contributed by atoms with Crippen LogP contribution in [0, 0.1) is 6.92 Å². The molecule has 1 aromatic heterocycles. The number of piperidine rings is 1. The Labute approximate surface area is 136 Å². The Kier molecular flexibility index (Phi) is 4.90. The molecule has 0 spiro atoms. The molecule has 4 nitrogen and oxygen atoms in total. The summed E-state index contributed by atoms with van der Waals surface area (Å²) in [7, 11) is 0. The summed E-state index contributed by atoms with van der Waals surface area (Å²) in [4.78, 5) is 10.9. The molecular formula is C17H21ClN4. The lowest BCUT2D eigenvalue weighted by Crippen LogP contribution is -2.29. The van der Waals surface area contributed by atoms with Crippen LogP contribution in [0.15, 0.2) is 30.3 Å². The van der Waals surface area contributed by atoms with Gasteiger partial charge < -0.3 is 5.32 Å². The molecule has 1 aromatic carbocycles. The van der Waals surface area contributed by atoms with Crippen molar-refractivity contribution in [3.8, 4) is 0 Å². The fourth-order valence-corrected chi connectivity index (χ4v) is 3.04. The van der Waals surface area contributed by atoms with Gasteiger partial charge in [0, 0.05) is 18.3 Å². The number of benzene rings is 1. The first-order valence-electron chi connectivity index (χ1n) is 7.78. The van der Waals surface area contributed by atoms with Gasteiger partial charge in [-0.3, -0.25) is 4.90 Å². The first kappa shape index (κ1) is 15.3. The molecule has 1 N–H and O–H groups in total. The number of aryl methyl sites for hydroxylation is 1. The number of halogens is 1. The number of anilines is 2. The Morgan fingerprint density at radius 2 is 1.82 bits per heavy atom. The predicted molar refractivity (Wildman–Crippen MR) is 90.6 cm³/mol. The van der Waals surface area contributed by atoms with E-state index in [1.165, 1.54) is 37.9 Å². The largest absolute Gasteiger partial charge is 0.340 e. The van der Waals surface area contributed by atoms with E-state index in [1.807, 2.05) is 6.92 Å². The first-order valence-corrected chi connectivity index (χ1v) is 8.16. The summed E-state index contributed by atoms with van der Waals surface area (Å²) in [6.07, 6.45) is 4.03. The summed E-state index contributed by atoms with van der Waals surface area (Å²) in [5.41, 5.74) is 2.36. The molecule has 0 amide bonds. The SMILES string of the molecule is Cc1nc(Cl)cc(Nc2ccc(CN3CCCCC3)cc2)n1. The zero-order valence-corrected chi connectivity index (χ0v) is 13.6. The average molecular weight is 317 g/mol. The molecule has 0 unspecified atom stereocenters. The molecule has 2 heterocycles. The Morgan fingerprint density at radius 3 is 2.50 bits per heavy atom. The third-order valence-electron chi connectivity index (χ3n) is 3.89. The zero-order valence-electron chi connectivity index (χ0n) is 12.8. The Bertz CT molecular complexity index is 601. The van der Waals surface area contributed by atoms with Gasteiger partial charge in [0.15, 0.2) is 0 Å². The summed E-state index contributed by atoms with van der Waals surface area (Å²) < 4.78 is 0. The van der Waals surface area contributed by atoms with E-state index in [-0.39, 0.29) is 0 Å². The van der Waals surface area contributed by atoms with Crippen LogP contribution in [-0.2, 0) is 6.54 Å². The summed E-state index contributed by atoms with van der Waals surface area (Å²) in [6, 6.07) is 10.3. The molecule has 0 aliphatic carbocycles. The fraction of sp³-hybridized carbons (Fsp3) is 0.412. The number of nitrogens with one attached hydrogen (secondary N) is 1. The smallest absolute Gasteiger partial charge is 0.135 e. The monoisotopic (exact) mass is 316 g/mol. The quantitative estimate of drug-likeness (QED) is 0.860. The van der Waals surface area contributed by atoms with E-state index in [0.717, 1.165) is 18.1 Å². The fourth-order valence-electron chi connectivity index (χ4n) is 2.81. The van der Waals surface area contributed by atoms with Gasteiger partial charge in [-0.15, -0.1) is 0 Å². The minimum Gasteiger partial charge on any atom is -0.340 e. The maximum absolute atomic E-state index is 5.95. The van der Waals surface area contributed by atoms with Crippen molar-refractivity contribution in [2.75, 3.05) is 18.4 Å². The number of aromatic nitrogens is 2. The van der Waals surface area contributed by atoms with Crippen molar-refractivity contribution in [2.24, 2.45) is 0 Å². The van der Waals surface area contributed by atoms with Crippen LogP contribution in [0.2, 0.25) is 5.15 Å². The van der Waals surface area contributed by atoms with E-state index < -0.39 is 0 Å². The number of likely N-dealkylation sites (tertiary alicyclic amines) is 1. The zero-order chi connectivity index (χ0) is 15.4. The Morgan fingerprint density at radius 1 is 1.09 bits per heavy atom. The van der Waals surface area contributed by atoms with Crippen molar-refractivity contribution in [1.82, 2.24) is 14.9 Å². The molecule has 0 atom stereocenters. The minimum absolute atomic E-state index is 0.455. The Balaban J connectivity index is 1.63. The second kappa shape index (κ2) is 7.07. The van der Waals surface area contributed by atoms with Gasteiger partial charge in [0.2, 0.25) is 0 Å². The van der Waals surface area contributed by atoms with Gasteiger partial charge in [0.05, 0.1) is 0 Å². The highest BCUT2D eigenvalue weighted by Gasteiger charge is 2.10. The maximum atomic E-state index is 5.95. The topological polar surface area (TPSA) is 41.1 Å². The molecule has 1 aliphatic rings. The number of rotatable bonds is 4. The molecule has 22 heavy (non-hydrogen) atoms. The van der Waals surface area contributed by atoms with Crippen molar-refractivity contribution >= 4 is 23.1 Å². The molecule has 1 aliphatic heterocycles. The van der Waals surface area contributed by atoms with E-state index >= 15 is 0 Å². The van der Waals surface area contributed by atoms with Crippen molar-refractivity contribution in [2.45, 2.75) is 32.7 Å². The van der Waals surface area contributed by atoms with Crippen LogP contribution in [0.25, 0.3) is 0 Å². The molecule has 0 saturated carbocycles. The van der Waals surface area contributed by atoms with Gasteiger partial charge in [-0.2, -0.15) is 0 Å². The van der Waals surface area contributed by atoms with E-state index in [1.54, 1.807) is 6.07 Å². The minimum atomic E-state index is 0.455. The molecule has 0 bridgehead atoms. The van der Waals surface area contributed by atoms with Gasteiger partial charge in [-0.1, -0.05) is 30.2 Å². The Hall–Kier alpha value is -1.65. The average Bonchev–Trinajstić information content (AvgIpc) is 2.49. The van der Waals surface area contributed by atoms with E-state index in [9.17, 15) is 0 Å². The molecule has 116 valence electrons. The normalized spacial score (nSPS) is 15.7. The highest BCUT2D eigenvalue weighted by atomic mass is 35.5.